The zero-order chi connectivity index (χ0) is 17.9. The fourth-order valence-electron chi connectivity index (χ4n) is 3.02. The molecule has 1 aromatic carbocycles. The molecule has 0 aliphatic heterocycles. The second-order valence-corrected chi connectivity index (χ2v) is 7.00. The minimum atomic E-state index is -0.196. The Morgan fingerprint density at radius 1 is 1.00 bits per heavy atom. The van der Waals surface area contributed by atoms with Gasteiger partial charge in [-0.05, 0) is 17.7 Å². The number of thiazole rings is 1. The minimum Gasteiger partial charge on any atom is -0.330 e. The molecule has 5 nitrogen and oxygen atoms in total. The van der Waals surface area contributed by atoms with E-state index >= 15 is 0 Å². The van der Waals surface area contributed by atoms with E-state index in [2.05, 4.69) is 43.8 Å². The van der Waals surface area contributed by atoms with Crippen LogP contribution in [0.3, 0.4) is 0 Å². The van der Waals surface area contributed by atoms with E-state index in [0.717, 1.165) is 33.3 Å². The van der Waals surface area contributed by atoms with Gasteiger partial charge in [-0.3, -0.25) is 4.98 Å². The van der Waals surface area contributed by atoms with Crippen molar-refractivity contribution in [3.05, 3.63) is 78.0 Å². The smallest absolute Gasteiger partial charge is 0.126 e. The van der Waals surface area contributed by atoms with Gasteiger partial charge in [0, 0.05) is 42.5 Å². The summed E-state index contributed by atoms with van der Waals surface area (Å²) in [4.78, 5) is 13.3. The van der Waals surface area contributed by atoms with Gasteiger partial charge in [-0.2, -0.15) is 0 Å². The third-order valence-electron chi connectivity index (χ3n) is 4.37. The van der Waals surface area contributed by atoms with Crippen LogP contribution in [0, 0.1) is 0 Å². The average molecular weight is 361 g/mol. The molecular weight excluding hydrogens is 342 g/mol. The Morgan fingerprint density at radius 2 is 1.81 bits per heavy atom. The van der Waals surface area contributed by atoms with Crippen LogP contribution in [0.15, 0.2) is 66.4 Å². The SMILES string of the molecule is Cn1c(-c2ccc(-c3nccs3)cc2)cnc1[C@@H](N)Cc1ccccn1. The summed E-state index contributed by atoms with van der Waals surface area (Å²) in [7, 11) is 2.00. The van der Waals surface area contributed by atoms with Crippen molar-refractivity contribution in [3.63, 3.8) is 0 Å². The summed E-state index contributed by atoms with van der Waals surface area (Å²) < 4.78 is 2.06. The van der Waals surface area contributed by atoms with Crippen LogP contribution in [0.5, 0.6) is 0 Å². The maximum Gasteiger partial charge on any atom is 0.126 e. The van der Waals surface area contributed by atoms with Gasteiger partial charge in [-0.1, -0.05) is 30.3 Å². The first-order valence-corrected chi connectivity index (χ1v) is 9.28. The predicted molar refractivity (Wildman–Crippen MR) is 105 cm³/mol. The average Bonchev–Trinajstić information content (AvgIpc) is 3.33. The van der Waals surface area contributed by atoms with E-state index in [0.29, 0.717) is 6.42 Å². The molecule has 0 unspecified atom stereocenters. The van der Waals surface area contributed by atoms with Crippen molar-refractivity contribution in [2.45, 2.75) is 12.5 Å². The van der Waals surface area contributed by atoms with Crippen LogP contribution in [0.4, 0.5) is 0 Å². The second kappa shape index (κ2) is 7.19. The van der Waals surface area contributed by atoms with Crippen LogP contribution in [0.2, 0.25) is 0 Å². The second-order valence-electron chi connectivity index (χ2n) is 6.11. The summed E-state index contributed by atoms with van der Waals surface area (Å²) in [5.41, 5.74) is 10.6. The maximum atomic E-state index is 6.38. The number of nitrogens with zero attached hydrogens (tertiary/aromatic N) is 4. The molecule has 4 rings (SSSR count). The lowest BCUT2D eigenvalue weighted by Crippen LogP contribution is -2.18. The van der Waals surface area contributed by atoms with Gasteiger partial charge in [-0.15, -0.1) is 11.3 Å². The first-order valence-electron chi connectivity index (χ1n) is 8.40. The molecule has 130 valence electrons. The highest BCUT2D eigenvalue weighted by Gasteiger charge is 2.16. The summed E-state index contributed by atoms with van der Waals surface area (Å²) >= 11 is 1.64. The molecule has 0 aliphatic rings. The van der Waals surface area contributed by atoms with Crippen LogP contribution in [0.1, 0.15) is 17.6 Å². The highest BCUT2D eigenvalue weighted by Crippen LogP contribution is 2.27. The van der Waals surface area contributed by atoms with Crippen LogP contribution in [0.25, 0.3) is 21.8 Å². The Bertz CT molecular complexity index is 975. The summed E-state index contributed by atoms with van der Waals surface area (Å²) in [5, 5.41) is 3.01. The summed E-state index contributed by atoms with van der Waals surface area (Å²) in [6.07, 6.45) is 6.15. The van der Waals surface area contributed by atoms with Crippen LogP contribution in [-0.2, 0) is 13.5 Å². The Hall–Kier alpha value is -2.83. The Labute approximate surface area is 156 Å². The van der Waals surface area contributed by atoms with Crippen LogP contribution >= 0.6 is 11.3 Å². The molecule has 0 fully saturated rings. The van der Waals surface area contributed by atoms with Crippen LogP contribution in [-0.4, -0.2) is 19.5 Å². The zero-order valence-electron chi connectivity index (χ0n) is 14.4. The number of benzene rings is 1. The van der Waals surface area contributed by atoms with Gasteiger partial charge in [-0.25, -0.2) is 9.97 Å². The van der Waals surface area contributed by atoms with Gasteiger partial charge in [0.2, 0.25) is 0 Å². The molecule has 6 heteroatoms. The molecular formula is C20H19N5S. The lowest BCUT2D eigenvalue weighted by molar-refractivity contribution is 0.626. The van der Waals surface area contributed by atoms with Crippen molar-refractivity contribution >= 4 is 11.3 Å². The Balaban J connectivity index is 1.57. The first kappa shape index (κ1) is 16.6. The van der Waals surface area contributed by atoms with E-state index in [4.69, 9.17) is 5.73 Å². The number of aromatic nitrogens is 4. The Morgan fingerprint density at radius 3 is 2.50 bits per heavy atom. The molecule has 2 N–H and O–H groups in total. The van der Waals surface area contributed by atoms with Gasteiger partial charge >= 0.3 is 0 Å². The molecule has 0 saturated heterocycles. The number of imidazole rings is 1. The quantitative estimate of drug-likeness (QED) is 0.586. The van der Waals surface area contributed by atoms with Gasteiger partial charge in [0.15, 0.2) is 0 Å². The lowest BCUT2D eigenvalue weighted by Gasteiger charge is -2.13. The predicted octanol–water partition coefficient (Wildman–Crippen LogP) is 3.85. The van der Waals surface area contributed by atoms with E-state index in [9.17, 15) is 0 Å². The largest absolute Gasteiger partial charge is 0.330 e. The van der Waals surface area contributed by atoms with E-state index in [1.54, 1.807) is 17.5 Å². The molecule has 0 radical (unpaired) electrons. The van der Waals surface area contributed by atoms with E-state index in [1.165, 1.54) is 0 Å². The van der Waals surface area contributed by atoms with Crippen LogP contribution < -0.4 is 5.73 Å². The number of rotatable bonds is 5. The first-order chi connectivity index (χ1) is 12.7. The number of hydrogen-bond donors (Lipinski definition) is 1. The van der Waals surface area contributed by atoms with Crippen molar-refractivity contribution in [2.24, 2.45) is 12.8 Å². The van der Waals surface area contributed by atoms with E-state index in [-0.39, 0.29) is 6.04 Å². The van der Waals surface area contributed by atoms with Crippen molar-refractivity contribution in [3.8, 4) is 21.8 Å². The monoisotopic (exact) mass is 361 g/mol. The zero-order valence-corrected chi connectivity index (χ0v) is 15.2. The molecule has 0 amide bonds. The number of hydrogen-bond acceptors (Lipinski definition) is 5. The minimum absolute atomic E-state index is 0.196. The molecule has 3 aromatic heterocycles. The summed E-state index contributed by atoms with van der Waals surface area (Å²) in [5.74, 6) is 0.856. The molecule has 3 heterocycles. The number of nitrogens with two attached hydrogens (primary N) is 1. The third-order valence-corrected chi connectivity index (χ3v) is 5.19. The van der Waals surface area contributed by atoms with Gasteiger partial charge in [0.05, 0.1) is 17.9 Å². The summed E-state index contributed by atoms with van der Waals surface area (Å²) in [6.45, 7) is 0. The fourth-order valence-corrected chi connectivity index (χ4v) is 3.67. The fraction of sp³-hybridized carbons (Fsp3) is 0.150. The van der Waals surface area contributed by atoms with Crippen molar-refractivity contribution < 1.29 is 0 Å². The van der Waals surface area contributed by atoms with Gasteiger partial charge in [0.1, 0.15) is 10.8 Å². The molecule has 0 spiro atoms. The lowest BCUT2D eigenvalue weighted by atomic mass is 10.1. The number of pyridine rings is 1. The molecule has 0 saturated carbocycles. The van der Waals surface area contributed by atoms with Crippen molar-refractivity contribution in [1.29, 1.82) is 0 Å². The van der Waals surface area contributed by atoms with Crippen molar-refractivity contribution in [2.75, 3.05) is 0 Å². The highest BCUT2D eigenvalue weighted by atomic mass is 32.1. The molecule has 0 aliphatic carbocycles. The maximum absolute atomic E-state index is 6.38. The topological polar surface area (TPSA) is 69.6 Å². The normalized spacial score (nSPS) is 12.2. The van der Waals surface area contributed by atoms with Crippen molar-refractivity contribution in [1.82, 2.24) is 19.5 Å². The Kier molecular flexibility index (Phi) is 4.60. The molecule has 0 bridgehead atoms. The molecule has 26 heavy (non-hydrogen) atoms. The molecule has 4 aromatic rings. The van der Waals surface area contributed by atoms with Gasteiger partial charge in [0.25, 0.3) is 0 Å². The third kappa shape index (κ3) is 3.29. The molecule has 1 atom stereocenters. The van der Waals surface area contributed by atoms with Gasteiger partial charge < -0.3 is 10.3 Å². The standard InChI is InChI=1S/C20H19N5S/c1-25-18(14-5-7-15(8-6-14)20-23-10-11-26-20)13-24-19(25)17(21)12-16-4-2-3-9-22-16/h2-11,13,17H,12,21H2,1H3/t17-/m0/s1. The summed E-state index contributed by atoms with van der Waals surface area (Å²) in [6, 6.07) is 14.1. The highest BCUT2D eigenvalue weighted by molar-refractivity contribution is 7.13. The van der Waals surface area contributed by atoms with E-state index < -0.39 is 0 Å². The van der Waals surface area contributed by atoms with E-state index in [1.807, 2.05) is 43.0 Å².